The van der Waals surface area contributed by atoms with Crippen molar-refractivity contribution in [3.63, 3.8) is 0 Å². The molecule has 0 radical (unpaired) electrons. The summed E-state index contributed by atoms with van der Waals surface area (Å²) in [6, 6.07) is 7.49. The molecule has 2 aromatic rings. The monoisotopic (exact) mass is 357 g/mol. The van der Waals surface area contributed by atoms with Gasteiger partial charge in [0.1, 0.15) is 5.92 Å². The van der Waals surface area contributed by atoms with Crippen LogP contribution in [0.1, 0.15) is 33.5 Å². The molecule has 2 heterocycles. The summed E-state index contributed by atoms with van der Waals surface area (Å²) in [6.07, 6.45) is 0. The van der Waals surface area contributed by atoms with Crippen LogP contribution in [0.25, 0.3) is 0 Å². The average molecular weight is 357 g/mol. The molecule has 0 amide bonds. The van der Waals surface area contributed by atoms with Crippen LogP contribution < -0.4 is 0 Å². The summed E-state index contributed by atoms with van der Waals surface area (Å²) in [7, 11) is 0. The van der Waals surface area contributed by atoms with Crippen molar-refractivity contribution in [3.05, 3.63) is 45.4 Å². The summed E-state index contributed by atoms with van der Waals surface area (Å²) < 4.78 is 7.08. The topological polar surface area (TPSA) is 95.9 Å². The molecule has 2 rings (SSSR count). The van der Waals surface area contributed by atoms with Gasteiger partial charge in [-0.3, -0.25) is 4.79 Å². The largest absolute Gasteiger partial charge is 0.454 e. The van der Waals surface area contributed by atoms with Crippen LogP contribution in [0.4, 0.5) is 0 Å². The van der Waals surface area contributed by atoms with Gasteiger partial charge in [0, 0.05) is 22.0 Å². The molecule has 0 fully saturated rings. The molecule has 0 aliphatic rings. The van der Waals surface area contributed by atoms with Crippen molar-refractivity contribution in [1.29, 1.82) is 10.7 Å². The van der Waals surface area contributed by atoms with E-state index in [0.29, 0.717) is 12.1 Å². The van der Waals surface area contributed by atoms with Gasteiger partial charge in [-0.2, -0.15) is 5.26 Å². The molecule has 130 valence electrons. The number of hydrogen-bond donors (Lipinski definition) is 1. The number of Topliss-reactive ketones (excluding diaryl/α,β-unsaturated/α-hetero) is 1. The lowest BCUT2D eigenvalue weighted by Crippen LogP contribution is -2.25. The Kier molecular flexibility index (Phi) is 5.88. The first-order chi connectivity index (χ1) is 11.8. The number of aryl methyl sites for hydroxylation is 1. The number of ether oxygens (including phenoxy) is 1. The smallest absolute Gasteiger partial charge is 0.340 e. The van der Waals surface area contributed by atoms with E-state index < -0.39 is 24.3 Å². The van der Waals surface area contributed by atoms with Crippen molar-refractivity contribution in [2.24, 2.45) is 5.92 Å². The minimum absolute atomic E-state index is 0.0577. The van der Waals surface area contributed by atoms with Gasteiger partial charge in [0.05, 0.1) is 18.2 Å². The Morgan fingerprint density at radius 2 is 2.16 bits per heavy atom. The summed E-state index contributed by atoms with van der Waals surface area (Å²) in [5.41, 5.74) is 2.04. The lowest BCUT2D eigenvalue weighted by molar-refractivity contribution is -0.122. The van der Waals surface area contributed by atoms with E-state index in [1.807, 2.05) is 35.9 Å². The number of aromatic nitrogens is 1. The Hall–Kier alpha value is -2.72. The van der Waals surface area contributed by atoms with Gasteiger partial charge in [0.25, 0.3) is 0 Å². The second kappa shape index (κ2) is 7.90. The van der Waals surface area contributed by atoms with E-state index in [2.05, 4.69) is 0 Å². The standard InChI is InChI=1S/C18H19N3O3S/c1-11-7-15(13(3)21(11)9-14-5-4-6-25-14)18(23)24-10-17(22)16(8-19)12(2)20/h4-7,16,20H,9-10H2,1-3H3/t16-/m0/s1. The van der Waals surface area contributed by atoms with Gasteiger partial charge in [-0.25, -0.2) is 4.79 Å². The maximum atomic E-state index is 12.3. The Balaban J connectivity index is 2.09. The molecule has 0 saturated carbocycles. The van der Waals surface area contributed by atoms with E-state index in [9.17, 15) is 9.59 Å². The van der Waals surface area contributed by atoms with Crippen LogP contribution in [0.3, 0.4) is 0 Å². The normalized spacial score (nSPS) is 11.6. The molecule has 1 N–H and O–H groups in total. The van der Waals surface area contributed by atoms with Gasteiger partial charge in [-0.1, -0.05) is 6.07 Å². The molecular formula is C18H19N3O3S. The number of carbonyl (C=O) groups excluding carboxylic acids is 2. The molecule has 0 spiro atoms. The molecule has 25 heavy (non-hydrogen) atoms. The van der Waals surface area contributed by atoms with Gasteiger partial charge in [-0.15, -0.1) is 11.3 Å². The van der Waals surface area contributed by atoms with E-state index in [4.69, 9.17) is 15.4 Å². The van der Waals surface area contributed by atoms with E-state index >= 15 is 0 Å². The number of nitrogens with one attached hydrogen (secondary N) is 1. The molecule has 0 bridgehead atoms. The van der Waals surface area contributed by atoms with Crippen molar-refractivity contribution in [1.82, 2.24) is 4.57 Å². The zero-order chi connectivity index (χ0) is 18.6. The number of carbonyl (C=O) groups is 2. The summed E-state index contributed by atoms with van der Waals surface area (Å²) in [4.78, 5) is 25.3. The fourth-order valence-electron chi connectivity index (χ4n) is 2.52. The number of ketones is 1. The van der Waals surface area contributed by atoms with Crippen molar-refractivity contribution in [2.75, 3.05) is 6.61 Å². The van der Waals surface area contributed by atoms with Crippen LogP contribution in [0.2, 0.25) is 0 Å². The first-order valence-electron chi connectivity index (χ1n) is 7.68. The second-order valence-corrected chi connectivity index (χ2v) is 6.77. The third kappa shape index (κ3) is 4.22. The molecule has 7 heteroatoms. The van der Waals surface area contributed by atoms with Crippen molar-refractivity contribution < 1.29 is 14.3 Å². The highest BCUT2D eigenvalue weighted by Crippen LogP contribution is 2.20. The summed E-state index contributed by atoms with van der Waals surface area (Å²) in [6.45, 7) is 5.28. The van der Waals surface area contributed by atoms with Crippen molar-refractivity contribution in [3.8, 4) is 6.07 Å². The molecule has 6 nitrogen and oxygen atoms in total. The molecule has 0 unspecified atom stereocenters. The minimum atomic E-state index is -1.17. The third-order valence-electron chi connectivity index (χ3n) is 3.92. The second-order valence-electron chi connectivity index (χ2n) is 5.74. The number of nitriles is 1. The number of nitrogens with zero attached hydrogens (tertiary/aromatic N) is 2. The van der Waals surface area contributed by atoms with Crippen molar-refractivity contribution >= 4 is 28.8 Å². The van der Waals surface area contributed by atoms with Crippen LogP contribution in [0.5, 0.6) is 0 Å². The number of esters is 1. The zero-order valence-corrected chi connectivity index (χ0v) is 15.1. The predicted octanol–water partition coefficient (Wildman–Crippen LogP) is 3.12. The zero-order valence-electron chi connectivity index (χ0n) is 14.3. The van der Waals surface area contributed by atoms with Gasteiger partial charge in [0.15, 0.2) is 12.4 Å². The quantitative estimate of drug-likeness (QED) is 0.608. The molecule has 0 aliphatic heterocycles. The van der Waals surface area contributed by atoms with Crippen LogP contribution >= 0.6 is 11.3 Å². The Morgan fingerprint density at radius 3 is 2.72 bits per heavy atom. The number of thiophene rings is 1. The summed E-state index contributed by atoms with van der Waals surface area (Å²) >= 11 is 1.64. The number of rotatable bonds is 7. The average Bonchev–Trinajstić information content (AvgIpc) is 3.16. The van der Waals surface area contributed by atoms with E-state index in [0.717, 1.165) is 11.4 Å². The van der Waals surface area contributed by atoms with E-state index in [1.54, 1.807) is 23.5 Å². The van der Waals surface area contributed by atoms with Crippen LogP contribution in [-0.2, 0) is 16.1 Å². The summed E-state index contributed by atoms with van der Waals surface area (Å²) in [5, 5.41) is 18.3. The number of hydrogen-bond acceptors (Lipinski definition) is 6. The highest BCUT2D eigenvalue weighted by atomic mass is 32.1. The van der Waals surface area contributed by atoms with Gasteiger partial charge in [0.2, 0.25) is 0 Å². The van der Waals surface area contributed by atoms with Crippen LogP contribution in [-0.4, -0.2) is 28.6 Å². The molecule has 2 aromatic heterocycles. The lowest BCUT2D eigenvalue weighted by atomic mass is 10.0. The first-order valence-corrected chi connectivity index (χ1v) is 8.56. The summed E-state index contributed by atoms with van der Waals surface area (Å²) in [5.74, 6) is -2.35. The molecule has 0 aromatic carbocycles. The fraction of sp³-hybridized carbons (Fsp3) is 0.333. The fourth-order valence-corrected chi connectivity index (χ4v) is 3.21. The SMILES string of the molecule is CC(=N)[C@H](C#N)C(=O)COC(=O)c1cc(C)n(Cc2cccs2)c1C. The lowest BCUT2D eigenvalue weighted by Gasteiger charge is -2.09. The van der Waals surface area contributed by atoms with Gasteiger partial charge >= 0.3 is 5.97 Å². The molecule has 0 aliphatic carbocycles. The Morgan fingerprint density at radius 1 is 1.44 bits per heavy atom. The van der Waals surface area contributed by atoms with Crippen LogP contribution in [0.15, 0.2) is 23.6 Å². The maximum absolute atomic E-state index is 12.3. The maximum Gasteiger partial charge on any atom is 0.340 e. The predicted molar refractivity (Wildman–Crippen MR) is 95.1 cm³/mol. The highest BCUT2D eigenvalue weighted by Gasteiger charge is 2.23. The van der Waals surface area contributed by atoms with Gasteiger partial charge in [-0.05, 0) is 38.3 Å². The van der Waals surface area contributed by atoms with E-state index in [-0.39, 0.29) is 5.71 Å². The molecular weight excluding hydrogens is 338 g/mol. The Labute approximate surface area is 150 Å². The van der Waals surface area contributed by atoms with Crippen LogP contribution in [0, 0.1) is 36.5 Å². The van der Waals surface area contributed by atoms with Crippen molar-refractivity contribution in [2.45, 2.75) is 27.3 Å². The van der Waals surface area contributed by atoms with E-state index in [1.165, 1.54) is 11.8 Å². The third-order valence-corrected chi connectivity index (χ3v) is 4.78. The Bertz CT molecular complexity index is 844. The molecule has 0 saturated heterocycles. The van der Waals surface area contributed by atoms with Gasteiger partial charge < -0.3 is 14.7 Å². The highest BCUT2D eigenvalue weighted by molar-refractivity contribution is 7.09. The minimum Gasteiger partial charge on any atom is -0.454 e. The molecule has 1 atom stereocenters. The first kappa shape index (κ1) is 18.6.